The highest BCUT2D eigenvalue weighted by Crippen LogP contribution is 2.25. The third-order valence-electron chi connectivity index (χ3n) is 3.83. The van der Waals surface area contributed by atoms with Crippen molar-refractivity contribution in [1.29, 1.82) is 0 Å². The van der Waals surface area contributed by atoms with Crippen LogP contribution in [0.1, 0.15) is 18.1 Å². The maximum absolute atomic E-state index is 12.0. The second kappa shape index (κ2) is 7.43. The SMILES string of the molecule is CCNCc1ccc(N2CCOCC2C(=O)NC)c(C)c1. The number of morpholine rings is 1. The van der Waals surface area contributed by atoms with Gasteiger partial charge in [0.2, 0.25) is 5.91 Å². The third-order valence-corrected chi connectivity index (χ3v) is 3.83. The van der Waals surface area contributed by atoms with E-state index in [0.717, 1.165) is 25.3 Å². The lowest BCUT2D eigenvalue weighted by molar-refractivity contribution is -0.124. The molecule has 1 saturated heterocycles. The lowest BCUT2D eigenvalue weighted by Gasteiger charge is -2.37. The minimum Gasteiger partial charge on any atom is -0.377 e. The van der Waals surface area contributed by atoms with E-state index in [1.54, 1.807) is 7.05 Å². The second-order valence-corrected chi connectivity index (χ2v) is 5.30. The molecule has 1 unspecified atom stereocenters. The Kier molecular flexibility index (Phi) is 5.59. The average Bonchev–Trinajstić information content (AvgIpc) is 2.52. The van der Waals surface area contributed by atoms with Crippen LogP contribution in [0.2, 0.25) is 0 Å². The summed E-state index contributed by atoms with van der Waals surface area (Å²) in [4.78, 5) is 14.2. The van der Waals surface area contributed by atoms with E-state index >= 15 is 0 Å². The van der Waals surface area contributed by atoms with Gasteiger partial charge in [0.1, 0.15) is 6.04 Å². The standard InChI is InChI=1S/C16H25N3O2/c1-4-18-10-13-5-6-14(12(2)9-13)19-7-8-21-11-15(19)16(20)17-3/h5-6,9,15,18H,4,7-8,10-11H2,1-3H3,(H,17,20). The van der Waals surface area contributed by atoms with E-state index in [1.807, 2.05) is 0 Å². The van der Waals surface area contributed by atoms with E-state index in [-0.39, 0.29) is 11.9 Å². The Morgan fingerprint density at radius 3 is 2.95 bits per heavy atom. The van der Waals surface area contributed by atoms with E-state index in [4.69, 9.17) is 4.74 Å². The average molecular weight is 291 g/mol. The van der Waals surface area contributed by atoms with Crippen molar-refractivity contribution in [2.45, 2.75) is 26.4 Å². The van der Waals surface area contributed by atoms with E-state index < -0.39 is 0 Å². The van der Waals surface area contributed by atoms with Crippen LogP contribution in [-0.4, -0.2) is 45.3 Å². The van der Waals surface area contributed by atoms with Gasteiger partial charge in [0.05, 0.1) is 13.2 Å². The second-order valence-electron chi connectivity index (χ2n) is 5.30. The predicted molar refractivity (Wildman–Crippen MR) is 84.6 cm³/mol. The Morgan fingerprint density at radius 1 is 1.48 bits per heavy atom. The molecule has 0 saturated carbocycles. The number of anilines is 1. The molecule has 0 aliphatic carbocycles. The lowest BCUT2D eigenvalue weighted by Crippen LogP contribution is -2.53. The third kappa shape index (κ3) is 3.74. The van der Waals surface area contributed by atoms with Crippen LogP contribution < -0.4 is 15.5 Å². The number of likely N-dealkylation sites (N-methyl/N-ethyl adjacent to an activating group) is 1. The molecule has 116 valence electrons. The fourth-order valence-corrected chi connectivity index (χ4v) is 2.69. The van der Waals surface area contributed by atoms with Gasteiger partial charge in [-0.3, -0.25) is 4.79 Å². The van der Waals surface area contributed by atoms with Crippen LogP contribution in [0.5, 0.6) is 0 Å². The largest absolute Gasteiger partial charge is 0.377 e. The number of ether oxygens (including phenoxy) is 1. The van der Waals surface area contributed by atoms with Gasteiger partial charge < -0.3 is 20.3 Å². The molecule has 1 aliphatic rings. The highest BCUT2D eigenvalue weighted by molar-refractivity contribution is 5.85. The number of benzene rings is 1. The number of hydrogen-bond donors (Lipinski definition) is 2. The molecule has 2 N–H and O–H groups in total. The van der Waals surface area contributed by atoms with Gasteiger partial charge in [0.25, 0.3) is 0 Å². The molecule has 1 atom stereocenters. The smallest absolute Gasteiger partial charge is 0.244 e. The number of amides is 1. The van der Waals surface area contributed by atoms with Crippen LogP contribution in [0, 0.1) is 6.92 Å². The first-order valence-corrected chi connectivity index (χ1v) is 7.53. The quantitative estimate of drug-likeness (QED) is 0.851. The molecule has 0 bridgehead atoms. The highest BCUT2D eigenvalue weighted by atomic mass is 16.5. The molecule has 2 rings (SSSR count). The van der Waals surface area contributed by atoms with Gasteiger partial charge in [-0.05, 0) is 30.7 Å². The first-order valence-electron chi connectivity index (χ1n) is 7.53. The zero-order chi connectivity index (χ0) is 15.2. The number of carbonyl (C=O) groups excluding carboxylic acids is 1. The zero-order valence-corrected chi connectivity index (χ0v) is 13.1. The maximum atomic E-state index is 12.0. The monoisotopic (exact) mass is 291 g/mol. The molecule has 1 heterocycles. The molecular weight excluding hydrogens is 266 g/mol. The van der Waals surface area contributed by atoms with Crippen molar-refractivity contribution in [3.63, 3.8) is 0 Å². The molecule has 1 aromatic rings. The summed E-state index contributed by atoms with van der Waals surface area (Å²) in [5.74, 6) is 0.00539. The number of aryl methyl sites for hydroxylation is 1. The summed E-state index contributed by atoms with van der Waals surface area (Å²) in [5, 5.41) is 6.05. The van der Waals surface area contributed by atoms with Crippen molar-refractivity contribution < 1.29 is 9.53 Å². The number of hydrogen-bond acceptors (Lipinski definition) is 4. The van der Waals surface area contributed by atoms with Crippen molar-refractivity contribution in [3.8, 4) is 0 Å². The number of nitrogens with zero attached hydrogens (tertiary/aromatic N) is 1. The van der Waals surface area contributed by atoms with Crippen molar-refractivity contribution >= 4 is 11.6 Å². The fraction of sp³-hybridized carbons (Fsp3) is 0.562. The summed E-state index contributed by atoms with van der Waals surface area (Å²) in [6, 6.07) is 6.18. The fourth-order valence-electron chi connectivity index (χ4n) is 2.69. The van der Waals surface area contributed by atoms with Crippen molar-refractivity contribution in [2.75, 3.05) is 38.3 Å². The minimum atomic E-state index is -0.248. The van der Waals surface area contributed by atoms with E-state index in [1.165, 1.54) is 11.1 Å². The lowest BCUT2D eigenvalue weighted by atomic mass is 10.1. The van der Waals surface area contributed by atoms with Crippen molar-refractivity contribution in [1.82, 2.24) is 10.6 Å². The summed E-state index contributed by atoms with van der Waals surface area (Å²) in [7, 11) is 1.67. The predicted octanol–water partition coefficient (Wildman–Crippen LogP) is 1.06. The van der Waals surface area contributed by atoms with Crippen LogP contribution in [0.15, 0.2) is 18.2 Å². The molecule has 1 fully saturated rings. The van der Waals surface area contributed by atoms with Crippen LogP contribution in [-0.2, 0) is 16.1 Å². The number of rotatable bonds is 5. The van der Waals surface area contributed by atoms with Crippen molar-refractivity contribution in [3.05, 3.63) is 29.3 Å². The van der Waals surface area contributed by atoms with Gasteiger partial charge in [-0.15, -0.1) is 0 Å². The van der Waals surface area contributed by atoms with Gasteiger partial charge in [-0.2, -0.15) is 0 Å². The molecular formula is C16H25N3O2. The highest BCUT2D eigenvalue weighted by Gasteiger charge is 2.29. The molecule has 1 aromatic carbocycles. The Hall–Kier alpha value is -1.59. The van der Waals surface area contributed by atoms with Crippen LogP contribution in [0.25, 0.3) is 0 Å². The topological polar surface area (TPSA) is 53.6 Å². The summed E-state index contributed by atoms with van der Waals surface area (Å²) < 4.78 is 5.46. The van der Waals surface area contributed by atoms with Crippen molar-refractivity contribution in [2.24, 2.45) is 0 Å². The Balaban J connectivity index is 2.20. The summed E-state index contributed by atoms with van der Waals surface area (Å²) in [6.45, 7) is 7.88. The van der Waals surface area contributed by atoms with Gasteiger partial charge in [0.15, 0.2) is 0 Å². The normalized spacial score (nSPS) is 18.6. The van der Waals surface area contributed by atoms with E-state index in [0.29, 0.717) is 13.2 Å². The maximum Gasteiger partial charge on any atom is 0.244 e. The molecule has 5 heteroatoms. The molecule has 5 nitrogen and oxygen atoms in total. The van der Waals surface area contributed by atoms with Crippen LogP contribution in [0.3, 0.4) is 0 Å². The summed E-state index contributed by atoms with van der Waals surface area (Å²) >= 11 is 0. The van der Waals surface area contributed by atoms with Gasteiger partial charge in [-0.1, -0.05) is 19.1 Å². The molecule has 1 aliphatic heterocycles. The molecule has 0 radical (unpaired) electrons. The molecule has 21 heavy (non-hydrogen) atoms. The van der Waals surface area contributed by atoms with Gasteiger partial charge in [0, 0.05) is 25.8 Å². The summed E-state index contributed by atoms with van der Waals surface area (Å²) in [5.41, 5.74) is 3.58. The Bertz CT molecular complexity index is 490. The Labute approximate surface area is 126 Å². The number of carbonyl (C=O) groups is 1. The molecule has 1 amide bonds. The first kappa shape index (κ1) is 15.8. The zero-order valence-electron chi connectivity index (χ0n) is 13.1. The van der Waals surface area contributed by atoms with Gasteiger partial charge >= 0.3 is 0 Å². The first-order chi connectivity index (χ1) is 10.2. The Morgan fingerprint density at radius 2 is 2.29 bits per heavy atom. The summed E-state index contributed by atoms with van der Waals surface area (Å²) in [6.07, 6.45) is 0. The molecule has 0 aromatic heterocycles. The van der Waals surface area contributed by atoms with Crippen LogP contribution >= 0.6 is 0 Å². The minimum absolute atomic E-state index is 0.00539. The number of nitrogens with one attached hydrogen (secondary N) is 2. The van der Waals surface area contributed by atoms with Crippen LogP contribution in [0.4, 0.5) is 5.69 Å². The van der Waals surface area contributed by atoms with E-state index in [2.05, 4.69) is 47.6 Å². The molecule has 0 spiro atoms. The van der Waals surface area contributed by atoms with E-state index in [9.17, 15) is 4.79 Å². The van der Waals surface area contributed by atoms with Gasteiger partial charge in [-0.25, -0.2) is 0 Å².